The maximum absolute atomic E-state index is 12.4. The number of carbonyl (C=O) groups is 1. The van der Waals surface area contributed by atoms with Crippen LogP contribution in [0.25, 0.3) is 0 Å². The second-order valence-electron chi connectivity index (χ2n) is 6.73. The second kappa shape index (κ2) is 8.97. The monoisotopic (exact) mass is 334 g/mol. The molecule has 1 heterocycles. The lowest BCUT2D eigenvalue weighted by Gasteiger charge is -2.25. The summed E-state index contributed by atoms with van der Waals surface area (Å²) in [4.78, 5) is 28.3. The van der Waals surface area contributed by atoms with Gasteiger partial charge < -0.3 is 10.6 Å². The smallest absolute Gasteiger partial charge is 0.347 e. The van der Waals surface area contributed by atoms with E-state index in [1.165, 1.54) is 19.3 Å². The molecule has 2 N–H and O–H groups in total. The molecule has 1 aliphatic rings. The summed E-state index contributed by atoms with van der Waals surface area (Å²) in [6, 6.07) is 2.02. The maximum atomic E-state index is 12.4. The van der Waals surface area contributed by atoms with Gasteiger partial charge in [0.05, 0.1) is 6.04 Å². The highest BCUT2D eigenvalue weighted by Gasteiger charge is 2.21. The Morgan fingerprint density at radius 3 is 2.67 bits per heavy atom. The molecule has 24 heavy (non-hydrogen) atoms. The van der Waals surface area contributed by atoms with Crippen LogP contribution in [0.1, 0.15) is 56.8 Å². The highest BCUT2D eigenvalue weighted by molar-refractivity contribution is 5.81. The van der Waals surface area contributed by atoms with Gasteiger partial charge in [-0.05, 0) is 39.2 Å². The van der Waals surface area contributed by atoms with Gasteiger partial charge in [0.15, 0.2) is 0 Å². The van der Waals surface area contributed by atoms with E-state index in [4.69, 9.17) is 0 Å². The van der Waals surface area contributed by atoms with Crippen molar-refractivity contribution in [1.29, 1.82) is 0 Å². The first kappa shape index (κ1) is 18.6. The van der Waals surface area contributed by atoms with E-state index in [0.717, 1.165) is 30.7 Å². The van der Waals surface area contributed by atoms with Gasteiger partial charge in [-0.3, -0.25) is 9.36 Å². The van der Waals surface area contributed by atoms with Crippen LogP contribution in [0, 0.1) is 13.8 Å². The van der Waals surface area contributed by atoms with Crippen LogP contribution in [0.15, 0.2) is 10.9 Å². The Morgan fingerprint density at radius 2 is 2.04 bits per heavy atom. The molecule has 1 aromatic heterocycles. The van der Waals surface area contributed by atoms with Crippen molar-refractivity contribution in [2.24, 2.45) is 0 Å². The summed E-state index contributed by atoms with van der Waals surface area (Å²) in [5.41, 5.74) is 1.41. The topological polar surface area (TPSA) is 76.0 Å². The van der Waals surface area contributed by atoms with E-state index < -0.39 is 0 Å². The van der Waals surface area contributed by atoms with Crippen molar-refractivity contribution >= 4 is 5.91 Å². The van der Waals surface area contributed by atoms with Crippen molar-refractivity contribution in [1.82, 2.24) is 20.2 Å². The minimum absolute atomic E-state index is 0.0792. The molecule has 6 heteroatoms. The number of hydrogen-bond donors (Lipinski definition) is 2. The lowest BCUT2D eigenvalue weighted by Crippen LogP contribution is -2.49. The van der Waals surface area contributed by atoms with E-state index in [9.17, 15) is 9.59 Å². The molecular weight excluding hydrogens is 304 g/mol. The standard InChI is InChI=1S/C18H30N4O2/c1-4-16(17(23)21-15-8-6-5-7-9-15)19-10-11-22-14(3)12-13(2)20-18(22)24/h12,15-16,19H,4-11H2,1-3H3,(H,21,23)/t16-/m1/s1. The molecule has 0 radical (unpaired) electrons. The van der Waals surface area contributed by atoms with E-state index in [-0.39, 0.29) is 17.6 Å². The lowest BCUT2D eigenvalue weighted by molar-refractivity contribution is -0.124. The van der Waals surface area contributed by atoms with E-state index in [0.29, 0.717) is 19.1 Å². The lowest BCUT2D eigenvalue weighted by atomic mass is 9.95. The molecule has 2 rings (SSSR count). The first-order valence-corrected chi connectivity index (χ1v) is 9.10. The molecule has 1 aliphatic carbocycles. The zero-order valence-electron chi connectivity index (χ0n) is 15.1. The van der Waals surface area contributed by atoms with Crippen molar-refractivity contribution in [2.45, 2.75) is 77.9 Å². The SMILES string of the molecule is CC[C@@H](NCCn1c(C)cc(C)nc1=O)C(=O)NC1CCCCC1. The Kier molecular flexibility index (Phi) is 6.97. The average Bonchev–Trinajstić information content (AvgIpc) is 2.54. The minimum atomic E-state index is -0.228. The number of carbonyl (C=O) groups excluding carboxylic acids is 1. The third-order valence-electron chi connectivity index (χ3n) is 4.75. The van der Waals surface area contributed by atoms with Crippen LogP contribution in [0.3, 0.4) is 0 Å². The van der Waals surface area contributed by atoms with Crippen LogP contribution in [0.2, 0.25) is 0 Å². The number of aromatic nitrogens is 2. The number of rotatable bonds is 7. The van der Waals surface area contributed by atoms with Crippen molar-refractivity contribution in [3.05, 3.63) is 27.9 Å². The number of nitrogens with zero attached hydrogens (tertiary/aromatic N) is 2. The van der Waals surface area contributed by atoms with Crippen molar-refractivity contribution in [3.8, 4) is 0 Å². The van der Waals surface area contributed by atoms with Crippen molar-refractivity contribution in [3.63, 3.8) is 0 Å². The molecule has 1 saturated carbocycles. The summed E-state index contributed by atoms with van der Waals surface area (Å²) < 4.78 is 1.64. The molecule has 1 aromatic rings. The fraction of sp³-hybridized carbons (Fsp3) is 0.722. The molecule has 1 atom stereocenters. The zero-order valence-corrected chi connectivity index (χ0v) is 15.1. The number of nitrogens with one attached hydrogen (secondary N) is 2. The summed E-state index contributed by atoms with van der Waals surface area (Å²) >= 11 is 0. The molecule has 1 fully saturated rings. The quantitative estimate of drug-likeness (QED) is 0.795. The summed E-state index contributed by atoms with van der Waals surface area (Å²) in [5.74, 6) is 0.0792. The van der Waals surface area contributed by atoms with E-state index in [2.05, 4.69) is 15.6 Å². The number of aryl methyl sites for hydroxylation is 2. The first-order chi connectivity index (χ1) is 11.5. The zero-order chi connectivity index (χ0) is 17.5. The predicted octanol–water partition coefficient (Wildman–Crippen LogP) is 1.68. The minimum Gasteiger partial charge on any atom is -0.352 e. The Bertz CT molecular complexity index is 606. The number of amides is 1. The summed E-state index contributed by atoms with van der Waals surface area (Å²) in [7, 11) is 0. The van der Waals surface area contributed by atoms with Gasteiger partial charge in [-0.15, -0.1) is 0 Å². The molecule has 1 amide bonds. The fourth-order valence-electron chi connectivity index (χ4n) is 3.37. The summed E-state index contributed by atoms with van der Waals surface area (Å²) in [6.45, 7) is 6.82. The van der Waals surface area contributed by atoms with Gasteiger partial charge in [0.1, 0.15) is 0 Å². The molecule has 6 nitrogen and oxygen atoms in total. The van der Waals surface area contributed by atoms with Crippen LogP contribution < -0.4 is 16.3 Å². The molecule has 0 saturated heterocycles. The normalized spacial score (nSPS) is 16.8. The van der Waals surface area contributed by atoms with Crippen molar-refractivity contribution < 1.29 is 4.79 Å². The third-order valence-corrected chi connectivity index (χ3v) is 4.75. The van der Waals surface area contributed by atoms with Crippen LogP contribution >= 0.6 is 0 Å². The molecule has 0 unspecified atom stereocenters. The molecule has 0 aromatic carbocycles. The third kappa shape index (κ3) is 5.16. The van der Waals surface area contributed by atoms with Gasteiger partial charge in [0.2, 0.25) is 5.91 Å². The summed E-state index contributed by atoms with van der Waals surface area (Å²) in [6.07, 6.45) is 6.60. The Labute approximate surface area is 144 Å². The molecule has 0 aliphatic heterocycles. The highest BCUT2D eigenvalue weighted by Crippen LogP contribution is 2.17. The van der Waals surface area contributed by atoms with Gasteiger partial charge in [0.25, 0.3) is 0 Å². The Hall–Kier alpha value is -1.69. The Morgan fingerprint density at radius 1 is 1.33 bits per heavy atom. The molecule has 0 bridgehead atoms. The average molecular weight is 334 g/mol. The van der Waals surface area contributed by atoms with E-state index in [1.807, 2.05) is 26.8 Å². The van der Waals surface area contributed by atoms with Crippen LogP contribution in [0.5, 0.6) is 0 Å². The Balaban J connectivity index is 1.85. The van der Waals surface area contributed by atoms with Gasteiger partial charge in [-0.2, -0.15) is 4.98 Å². The van der Waals surface area contributed by atoms with Crippen LogP contribution in [-0.4, -0.2) is 34.1 Å². The first-order valence-electron chi connectivity index (χ1n) is 9.10. The van der Waals surface area contributed by atoms with E-state index >= 15 is 0 Å². The second-order valence-corrected chi connectivity index (χ2v) is 6.73. The molecular formula is C18H30N4O2. The van der Waals surface area contributed by atoms with Gasteiger partial charge in [0, 0.05) is 30.5 Å². The van der Waals surface area contributed by atoms with Crippen LogP contribution in [-0.2, 0) is 11.3 Å². The predicted molar refractivity (Wildman–Crippen MR) is 95.1 cm³/mol. The largest absolute Gasteiger partial charge is 0.352 e. The molecule has 134 valence electrons. The molecule has 0 spiro atoms. The van der Waals surface area contributed by atoms with Gasteiger partial charge >= 0.3 is 5.69 Å². The van der Waals surface area contributed by atoms with Gasteiger partial charge in [-0.1, -0.05) is 26.2 Å². The van der Waals surface area contributed by atoms with Gasteiger partial charge in [-0.25, -0.2) is 4.79 Å². The number of hydrogen-bond acceptors (Lipinski definition) is 4. The fourth-order valence-corrected chi connectivity index (χ4v) is 3.37. The summed E-state index contributed by atoms with van der Waals surface area (Å²) in [5, 5.41) is 6.44. The highest BCUT2D eigenvalue weighted by atomic mass is 16.2. The van der Waals surface area contributed by atoms with Crippen LogP contribution in [0.4, 0.5) is 0 Å². The van der Waals surface area contributed by atoms with E-state index in [1.54, 1.807) is 4.57 Å². The maximum Gasteiger partial charge on any atom is 0.347 e. The van der Waals surface area contributed by atoms with Crippen molar-refractivity contribution in [2.75, 3.05) is 6.54 Å².